The highest BCUT2D eigenvalue weighted by molar-refractivity contribution is 7.89. The Morgan fingerprint density at radius 1 is 1.15 bits per heavy atom. The Kier molecular flexibility index (Phi) is 8.28. The fourth-order valence-corrected chi connectivity index (χ4v) is 4.92. The van der Waals surface area contributed by atoms with Crippen LogP contribution >= 0.6 is 12.4 Å². The van der Waals surface area contributed by atoms with Crippen molar-refractivity contribution in [1.29, 1.82) is 0 Å². The number of nitrogens with zero attached hydrogens (tertiary/aromatic N) is 1. The average molecular weight is 414 g/mol. The molecular weight excluding hydrogens is 386 g/mol. The third-order valence-electron chi connectivity index (χ3n) is 4.93. The molecule has 2 aliphatic rings. The van der Waals surface area contributed by atoms with E-state index in [9.17, 15) is 13.2 Å². The van der Waals surface area contributed by atoms with Gasteiger partial charge < -0.3 is 10.6 Å². The maximum atomic E-state index is 12.9. The Bertz CT molecular complexity index is 772. The lowest BCUT2D eigenvalue weighted by atomic mass is 10.1. The van der Waals surface area contributed by atoms with Crippen LogP contribution in [0.15, 0.2) is 40.8 Å². The number of rotatable bonds is 5. The lowest BCUT2D eigenvalue weighted by molar-refractivity contribution is 0.0956. The third kappa shape index (κ3) is 5.78. The van der Waals surface area contributed by atoms with Crippen molar-refractivity contribution in [2.45, 2.75) is 37.0 Å². The van der Waals surface area contributed by atoms with Crippen molar-refractivity contribution >= 4 is 28.3 Å². The second kappa shape index (κ2) is 10.2. The zero-order valence-electron chi connectivity index (χ0n) is 15.4. The van der Waals surface area contributed by atoms with Gasteiger partial charge in [0, 0.05) is 31.7 Å². The molecular formula is C19H28ClN3O3S. The van der Waals surface area contributed by atoms with Crippen LogP contribution in [0, 0.1) is 0 Å². The highest BCUT2D eigenvalue weighted by Gasteiger charge is 2.25. The highest BCUT2D eigenvalue weighted by atomic mass is 35.5. The molecule has 1 aromatic carbocycles. The van der Waals surface area contributed by atoms with Gasteiger partial charge in [-0.05, 0) is 44.0 Å². The molecule has 3 rings (SSSR count). The van der Waals surface area contributed by atoms with Crippen LogP contribution < -0.4 is 10.6 Å². The van der Waals surface area contributed by atoms with Gasteiger partial charge in [-0.3, -0.25) is 4.79 Å². The van der Waals surface area contributed by atoms with Crippen LogP contribution in [-0.4, -0.2) is 51.4 Å². The molecule has 8 heteroatoms. The lowest BCUT2D eigenvalue weighted by Gasteiger charge is -2.20. The Hall–Kier alpha value is -1.41. The molecule has 0 atom stereocenters. The van der Waals surface area contributed by atoms with Crippen molar-refractivity contribution in [3.63, 3.8) is 0 Å². The largest absolute Gasteiger partial charge is 0.348 e. The van der Waals surface area contributed by atoms with Crippen LogP contribution in [-0.2, 0) is 10.0 Å². The smallest absolute Gasteiger partial charge is 0.251 e. The van der Waals surface area contributed by atoms with Gasteiger partial charge >= 0.3 is 0 Å². The second-order valence-corrected chi connectivity index (χ2v) is 8.78. The molecule has 2 heterocycles. The Labute approximate surface area is 167 Å². The van der Waals surface area contributed by atoms with Crippen LogP contribution in [0.2, 0.25) is 0 Å². The van der Waals surface area contributed by atoms with Gasteiger partial charge in [-0.2, -0.15) is 4.31 Å². The predicted molar refractivity (Wildman–Crippen MR) is 109 cm³/mol. The molecule has 1 saturated heterocycles. The van der Waals surface area contributed by atoms with E-state index in [1.807, 2.05) is 0 Å². The first-order valence-corrected chi connectivity index (χ1v) is 10.8. The number of hydrogen-bond acceptors (Lipinski definition) is 4. The topological polar surface area (TPSA) is 78.5 Å². The first-order valence-electron chi connectivity index (χ1n) is 9.34. The minimum absolute atomic E-state index is 0. The summed E-state index contributed by atoms with van der Waals surface area (Å²) in [6.45, 7) is 3.37. The fourth-order valence-electron chi connectivity index (χ4n) is 3.35. The molecule has 2 N–H and O–H groups in total. The van der Waals surface area contributed by atoms with E-state index in [0.29, 0.717) is 25.2 Å². The van der Waals surface area contributed by atoms with Gasteiger partial charge in [0.15, 0.2) is 0 Å². The Morgan fingerprint density at radius 3 is 2.56 bits per heavy atom. The SMILES string of the molecule is Cl.O=C(NCC1=CCNCC1)c1cccc(S(=O)(=O)N2CCCCCC2)c1. The molecule has 1 fully saturated rings. The van der Waals surface area contributed by atoms with Crippen molar-refractivity contribution in [2.24, 2.45) is 0 Å². The van der Waals surface area contributed by atoms with Crippen molar-refractivity contribution in [3.05, 3.63) is 41.5 Å². The van der Waals surface area contributed by atoms with Crippen LogP contribution in [0.25, 0.3) is 0 Å². The molecule has 0 radical (unpaired) electrons. The number of halogens is 1. The summed E-state index contributed by atoms with van der Waals surface area (Å²) in [5.74, 6) is -0.239. The Morgan fingerprint density at radius 2 is 1.89 bits per heavy atom. The number of benzene rings is 1. The minimum Gasteiger partial charge on any atom is -0.348 e. The fraction of sp³-hybridized carbons (Fsp3) is 0.526. The third-order valence-corrected chi connectivity index (χ3v) is 6.83. The van der Waals surface area contributed by atoms with Gasteiger partial charge in [0.05, 0.1) is 4.90 Å². The van der Waals surface area contributed by atoms with Gasteiger partial charge in [0.2, 0.25) is 10.0 Å². The number of nitrogens with one attached hydrogen (secondary N) is 2. The van der Waals surface area contributed by atoms with Crippen LogP contribution in [0.4, 0.5) is 0 Å². The van der Waals surface area contributed by atoms with Gasteiger partial charge in [-0.1, -0.05) is 30.6 Å². The van der Waals surface area contributed by atoms with Crippen LogP contribution in [0.3, 0.4) is 0 Å². The van der Waals surface area contributed by atoms with Gasteiger partial charge in [0.1, 0.15) is 0 Å². The first kappa shape index (κ1) is 21.9. The summed E-state index contributed by atoms with van der Waals surface area (Å²) in [6, 6.07) is 6.37. The van der Waals surface area contributed by atoms with Crippen molar-refractivity contribution in [2.75, 3.05) is 32.7 Å². The Balaban J connectivity index is 0.00000261. The summed E-state index contributed by atoms with van der Waals surface area (Å²) in [7, 11) is -3.54. The number of sulfonamides is 1. The molecule has 1 aromatic rings. The number of hydrogen-bond donors (Lipinski definition) is 2. The van der Waals surface area contributed by atoms with Crippen LogP contribution in [0.5, 0.6) is 0 Å². The molecule has 0 bridgehead atoms. The molecule has 0 spiro atoms. The van der Waals surface area contributed by atoms with E-state index >= 15 is 0 Å². The molecule has 0 unspecified atom stereocenters. The molecule has 150 valence electrons. The van der Waals surface area contributed by atoms with E-state index < -0.39 is 10.0 Å². The number of carbonyl (C=O) groups is 1. The second-order valence-electron chi connectivity index (χ2n) is 6.85. The number of amides is 1. The summed E-state index contributed by atoms with van der Waals surface area (Å²) < 4.78 is 27.3. The van der Waals surface area contributed by atoms with E-state index in [2.05, 4.69) is 16.7 Å². The molecule has 0 aromatic heterocycles. The zero-order chi connectivity index (χ0) is 18.4. The molecule has 0 saturated carbocycles. The summed E-state index contributed by atoms with van der Waals surface area (Å²) >= 11 is 0. The summed E-state index contributed by atoms with van der Waals surface area (Å²) in [5, 5.41) is 6.13. The molecule has 27 heavy (non-hydrogen) atoms. The van der Waals surface area contributed by atoms with Crippen molar-refractivity contribution in [3.8, 4) is 0 Å². The summed E-state index contributed by atoms with van der Waals surface area (Å²) in [5.41, 5.74) is 1.58. The monoisotopic (exact) mass is 413 g/mol. The summed E-state index contributed by atoms with van der Waals surface area (Å²) in [6.07, 6.45) is 6.93. The van der Waals surface area contributed by atoms with E-state index in [-0.39, 0.29) is 23.2 Å². The van der Waals surface area contributed by atoms with Gasteiger partial charge in [0.25, 0.3) is 5.91 Å². The predicted octanol–water partition coefficient (Wildman–Crippen LogP) is 2.32. The highest BCUT2D eigenvalue weighted by Crippen LogP contribution is 2.21. The van der Waals surface area contributed by atoms with E-state index in [1.54, 1.807) is 22.5 Å². The maximum Gasteiger partial charge on any atom is 0.251 e. The first-order chi connectivity index (χ1) is 12.6. The van der Waals surface area contributed by atoms with Crippen LogP contribution in [0.1, 0.15) is 42.5 Å². The van der Waals surface area contributed by atoms with Gasteiger partial charge in [-0.25, -0.2) is 8.42 Å². The minimum atomic E-state index is -3.54. The maximum absolute atomic E-state index is 12.9. The molecule has 1 amide bonds. The van der Waals surface area contributed by atoms with Crippen molar-refractivity contribution in [1.82, 2.24) is 14.9 Å². The molecule has 0 aliphatic carbocycles. The van der Waals surface area contributed by atoms with E-state index in [1.165, 1.54) is 11.6 Å². The lowest BCUT2D eigenvalue weighted by Crippen LogP contribution is -2.32. The summed E-state index contributed by atoms with van der Waals surface area (Å²) in [4.78, 5) is 12.6. The van der Waals surface area contributed by atoms with Gasteiger partial charge in [-0.15, -0.1) is 12.4 Å². The standard InChI is InChI=1S/C19H27N3O3S.ClH/c23-19(21-15-16-8-10-20-11-9-16)17-6-5-7-18(14-17)26(24,25)22-12-3-1-2-4-13-22;/h5-8,14,20H,1-4,9-13,15H2,(H,21,23);1H. The van der Waals surface area contributed by atoms with Crippen molar-refractivity contribution < 1.29 is 13.2 Å². The van der Waals surface area contributed by atoms with E-state index in [0.717, 1.165) is 45.2 Å². The van der Waals surface area contributed by atoms with E-state index in [4.69, 9.17) is 0 Å². The zero-order valence-corrected chi connectivity index (χ0v) is 17.1. The number of carbonyl (C=O) groups excluding carboxylic acids is 1. The molecule has 2 aliphatic heterocycles. The average Bonchev–Trinajstić information content (AvgIpc) is 2.97. The quantitative estimate of drug-likeness (QED) is 0.726. The normalized spacial score (nSPS) is 18.7. The molecule has 6 nitrogen and oxygen atoms in total.